The Labute approximate surface area is 106 Å². The number of pyridine rings is 1. The molecule has 0 fully saturated rings. The fourth-order valence-electron chi connectivity index (χ4n) is 1.64. The Morgan fingerprint density at radius 2 is 2.29 bits per heavy atom. The van der Waals surface area contributed by atoms with Crippen LogP contribution >= 0.6 is 11.6 Å². The van der Waals surface area contributed by atoms with Crippen molar-refractivity contribution in [1.82, 2.24) is 14.5 Å². The molecular formula is C12H15ClN4. The lowest BCUT2D eigenvalue weighted by Crippen LogP contribution is -2.08. The number of nitrogens with zero attached hydrogens (tertiary/aromatic N) is 3. The summed E-state index contributed by atoms with van der Waals surface area (Å²) in [7, 11) is 0. The van der Waals surface area contributed by atoms with E-state index in [4.69, 9.17) is 11.6 Å². The summed E-state index contributed by atoms with van der Waals surface area (Å²) in [5.74, 6) is 0. The van der Waals surface area contributed by atoms with Gasteiger partial charge in [-0.1, -0.05) is 11.6 Å². The van der Waals surface area contributed by atoms with Gasteiger partial charge in [-0.3, -0.25) is 0 Å². The normalized spacial score (nSPS) is 10.8. The van der Waals surface area contributed by atoms with Crippen molar-refractivity contribution in [2.24, 2.45) is 0 Å². The highest BCUT2D eigenvalue weighted by atomic mass is 35.5. The molecule has 0 amide bonds. The molecule has 0 spiro atoms. The van der Waals surface area contributed by atoms with Gasteiger partial charge in [0, 0.05) is 24.1 Å². The molecule has 0 aliphatic heterocycles. The molecule has 0 unspecified atom stereocenters. The molecule has 0 bridgehead atoms. The van der Waals surface area contributed by atoms with Crippen molar-refractivity contribution in [3.63, 3.8) is 0 Å². The first-order valence-corrected chi connectivity index (χ1v) is 5.90. The zero-order valence-electron chi connectivity index (χ0n) is 9.89. The van der Waals surface area contributed by atoms with Gasteiger partial charge in [0.05, 0.1) is 18.6 Å². The summed E-state index contributed by atoms with van der Waals surface area (Å²) in [5.41, 5.74) is 2.11. The minimum Gasteiger partial charge on any atom is -0.379 e. The zero-order chi connectivity index (χ0) is 12.3. The van der Waals surface area contributed by atoms with Gasteiger partial charge in [-0.15, -0.1) is 0 Å². The van der Waals surface area contributed by atoms with E-state index in [9.17, 15) is 0 Å². The van der Waals surface area contributed by atoms with Crippen LogP contribution in [0.1, 0.15) is 25.6 Å². The van der Waals surface area contributed by atoms with Crippen LogP contribution in [0.5, 0.6) is 0 Å². The molecule has 2 aromatic heterocycles. The van der Waals surface area contributed by atoms with E-state index in [-0.39, 0.29) is 0 Å². The van der Waals surface area contributed by atoms with Crippen LogP contribution in [0.15, 0.2) is 30.9 Å². The number of anilines is 1. The van der Waals surface area contributed by atoms with Crippen molar-refractivity contribution < 1.29 is 0 Å². The van der Waals surface area contributed by atoms with Crippen molar-refractivity contribution in [3.8, 4) is 0 Å². The first kappa shape index (κ1) is 11.9. The van der Waals surface area contributed by atoms with Gasteiger partial charge in [-0.25, -0.2) is 9.97 Å². The van der Waals surface area contributed by atoms with Crippen molar-refractivity contribution in [1.29, 1.82) is 0 Å². The molecule has 1 N–H and O–H groups in total. The van der Waals surface area contributed by atoms with E-state index in [0.29, 0.717) is 11.2 Å². The maximum absolute atomic E-state index is 5.82. The Morgan fingerprint density at radius 1 is 1.47 bits per heavy atom. The van der Waals surface area contributed by atoms with E-state index in [1.807, 2.05) is 18.6 Å². The van der Waals surface area contributed by atoms with Crippen molar-refractivity contribution >= 4 is 17.3 Å². The summed E-state index contributed by atoms with van der Waals surface area (Å²) in [6.45, 7) is 4.99. The average molecular weight is 251 g/mol. The largest absolute Gasteiger partial charge is 0.379 e. The first-order chi connectivity index (χ1) is 8.16. The highest BCUT2D eigenvalue weighted by molar-refractivity contribution is 6.29. The zero-order valence-corrected chi connectivity index (χ0v) is 10.6. The third-order valence-corrected chi connectivity index (χ3v) is 2.71. The quantitative estimate of drug-likeness (QED) is 0.848. The van der Waals surface area contributed by atoms with E-state index in [1.54, 1.807) is 12.3 Å². The van der Waals surface area contributed by atoms with Gasteiger partial charge in [0.2, 0.25) is 0 Å². The van der Waals surface area contributed by atoms with Crippen LogP contribution in [0, 0.1) is 0 Å². The molecule has 2 heterocycles. The molecule has 4 nitrogen and oxygen atoms in total. The van der Waals surface area contributed by atoms with Gasteiger partial charge in [0.25, 0.3) is 0 Å². The van der Waals surface area contributed by atoms with Crippen LogP contribution in [0.2, 0.25) is 5.15 Å². The van der Waals surface area contributed by atoms with Crippen LogP contribution in [-0.4, -0.2) is 14.5 Å². The molecule has 90 valence electrons. The first-order valence-electron chi connectivity index (χ1n) is 5.53. The highest BCUT2D eigenvalue weighted by Gasteiger charge is 2.04. The maximum atomic E-state index is 5.82. The fourth-order valence-corrected chi connectivity index (χ4v) is 1.81. The SMILES string of the molecule is CC(C)n1cncc1CNc1ccnc(Cl)c1. The van der Waals surface area contributed by atoms with Crippen molar-refractivity contribution in [3.05, 3.63) is 41.7 Å². The Morgan fingerprint density at radius 3 is 3.00 bits per heavy atom. The summed E-state index contributed by atoms with van der Waals surface area (Å²) in [6, 6.07) is 4.11. The third-order valence-electron chi connectivity index (χ3n) is 2.50. The number of hydrogen-bond donors (Lipinski definition) is 1. The van der Waals surface area contributed by atoms with Gasteiger partial charge in [0.15, 0.2) is 0 Å². The van der Waals surface area contributed by atoms with Gasteiger partial charge < -0.3 is 9.88 Å². The lowest BCUT2D eigenvalue weighted by atomic mass is 10.3. The van der Waals surface area contributed by atoms with Crippen LogP contribution < -0.4 is 5.32 Å². The second-order valence-electron chi connectivity index (χ2n) is 4.11. The Hall–Kier alpha value is -1.55. The fraction of sp³-hybridized carbons (Fsp3) is 0.333. The van der Waals surface area contributed by atoms with Crippen LogP contribution in [0.25, 0.3) is 0 Å². The Balaban J connectivity index is 2.05. The summed E-state index contributed by atoms with van der Waals surface area (Å²) in [6.07, 6.45) is 5.40. The number of hydrogen-bond acceptors (Lipinski definition) is 3. The smallest absolute Gasteiger partial charge is 0.131 e. The maximum Gasteiger partial charge on any atom is 0.131 e. The molecule has 0 aliphatic carbocycles. The number of halogens is 1. The van der Waals surface area contributed by atoms with Crippen LogP contribution in [0.3, 0.4) is 0 Å². The number of nitrogens with one attached hydrogen (secondary N) is 1. The molecular weight excluding hydrogens is 236 g/mol. The predicted molar refractivity (Wildman–Crippen MR) is 69.2 cm³/mol. The van der Waals surface area contributed by atoms with Gasteiger partial charge in [0.1, 0.15) is 5.15 Å². The summed E-state index contributed by atoms with van der Waals surface area (Å²) < 4.78 is 2.13. The van der Waals surface area contributed by atoms with E-state index >= 15 is 0 Å². The van der Waals surface area contributed by atoms with E-state index in [0.717, 1.165) is 17.9 Å². The molecule has 17 heavy (non-hydrogen) atoms. The summed E-state index contributed by atoms with van der Waals surface area (Å²) >= 11 is 5.82. The second-order valence-corrected chi connectivity index (χ2v) is 4.49. The van der Waals surface area contributed by atoms with E-state index < -0.39 is 0 Å². The van der Waals surface area contributed by atoms with Crippen LogP contribution in [-0.2, 0) is 6.54 Å². The molecule has 2 aromatic rings. The Kier molecular flexibility index (Phi) is 3.64. The van der Waals surface area contributed by atoms with Crippen LogP contribution in [0.4, 0.5) is 5.69 Å². The van der Waals surface area contributed by atoms with E-state index in [1.165, 1.54) is 0 Å². The number of rotatable bonds is 4. The topological polar surface area (TPSA) is 42.7 Å². The molecule has 0 saturated carbocycles. The summed E-state index contributed by atoms with van der Waals surface area (Å²) in [4.78, 5) is 8.10. The molecule has 0 radical (unpaired) electrons. The molecule has 0 aromatic carbocycles. The second kappa shape index (κ2) is 5.19. The summed E-state index contributed by atoms with van der Waals surface area (Å²) in [5, 5.41) is 3.79. The highest BCUT2D eigenvalue weighted by Crippen LogP contribution is 2.14. The third kappa shape index (κ3) is 2.97. The lowest BCUT2D eigenvalue weighted by Gasteiger charge is -2.12. The minimum atomic E-state index is 0.412. The van der Waals surface area contributed by atoms with Gasteiger partial charge in [-0.05, 0) is 26.0 Å². The van der Waals surface area contributed by atoms with Crippen molar-refractivity contribution in [2.75, 3.05) is 5.32 Å². The molecule has 0 atom stereocenters. The van der Waals surface area contributed by atoms with Crippen molar-refractivity contribution in [2.45, 2.75) is 26.4 Å². The molecule has 0 aliphatic rings. The molecule has 5 heteroatoms. The van der Waals surface area contributed by atoms with E-state index in [2.05, 4.69) is 33.7 Å². The number of imidazole rings is 1. The van der Waals surface area contributed by atoms with Gasteiger partial charge >= 0.3 is 0 Å². The predicted octanol–water partition coefficient (Wildman–Crippen LogP) is 3.12. The Bertz CT molecular complexity index is 493. The number of aromatic nitrogens is 3. The molecule has 2 rings (SSSR count). The molecule has 0 saturated heterocycles. The van der Waals surface area contributed by atoms with Gasteiger partial charge in [-0.2, -0.15) is 0 Å². The standard InChI is InChI=1S/C12H15ClN4/c1-9(2)17-8-14-6-11(17)7-16-10-3-4-15-12(13)5-10/h3-6,8-9H,7H2,1-2H3,(H,15,16). The lowest BCUT2D eigenvalue weighted by molar-refractivity contribution is 0.577. The average Bonchev–Trinajstić information content (AvgIpc) is 2.74. The monoisotopic (exact) mass is 250 g/mol. The minimum absolute atomic E-state index is 0.412.